The Labute approximate surface area is 167 Å². The number of rotatable bonds is 6. The quantitative estimate of drug-likeness (QED) is 0.518. The molecule has 0 aliphatic carbocycles. The van der Waals surface area contributed by atoms with Gasteiger partial charge in [-0.3, -0.25) is 9.36 Å². The lowest BCUT2D eigenvalue weighted by Gasteiger charge is -2.13. The molecular formula is C23H21N3O3. The zero-order valence-corrected chi connectivity index (χ0v) is 16.0. The summed E-state index contributed by atoms with van der Waals surface area (Å²) in [5.74, 6) is -0.523. The lowest BCUT2D eigenvalue weighted by Crippen LogP contribution is -2.20. The van der Waals surface area contributed by atoms with Crippen LogP contribution in [0.15, 0.2) is 82.0 Å². The Hall–Kier alpha value is -3.80. The van der Waals surface area contributed by atoms with Crippen LogP contribution in [0.4, 0.5) is 11.4 Å². The molecule has 1 aromatic heterocycles. The molecule has 0 saturated heterocycles. The number of fused-ring (bicyclic) bond motifs is 1. The summed E-state index contributed by atoms with van der Waals surface area (Å²) in [5, 5.41) is 6.26. The Bertz CT molecular complexity index is 1210. The number of amides is 1. The number of carbonyl (C=O) groups excluding carboxylic acids is 1. The molecule has 3 aromatic carbocycles. The van der Waals surface area contributed by atoms with Crippen LogP contribution in [-0.4, -0.2) is 17.0 Å². The summed E-state index contributed by atoms with van der Waals surface area (Å²) < 4.78 is 6.87. The Morgan fingerprint density at radius 1 is 1.00 bits per heavy atom. The first-order chi connectivity index (χ1) is 14.1. The lowest BCUT2D eigenvalue weighted by atomic mass is 10.1. The molecule has 4 aromatic rings. The number of nitrogens with zero attached hydrogens (tertiary/aromatic N) is 1. The minimum atomic E-state index is -0.367. The molecule has 0 bridgehead atoms. The summed E-state index contributed by atoms with van der Waals surface area (Å²) in [6.45, 7) is 3.00. The molecule has 0 aliphatic heterocycles. The molecule has 0 unspecified atom stereocenters. The molecule has 6 nitrogen and oxygen atoms in total. The van der Waals surface area contributed by atoms with Crippen molar-refractivity contribution in [1.82, 2.24) is 4.57 Å². The molecule has 29 heavy (non-hydrogen) atoms. The van der Waals surface area contributed by atoms with Gasteiger partial charge in [-0.15, -0.1) is 0 Å². The third kappa shape index (κ3) is 4.06. The van der Waals surface area contributed by atoms with Crippen LogP contribution >= 0.6 is 0 Å². The van der Waals surface area contributed by atoms with Crippen molar-refractivity contribution < 1.29 is 9.21 Å². The fourth-order valence-electron chi connectivity index (χ4n) is 3.21. The van der Waals surface area contributed by atoms with Crippen LogP contribution in [0.25, 0.3) is 11.1 Å². The smallest absolute Gasteiger partial charge is 0.408 e. The molecule has 2 N–H and O–H groups in total. The van der Waals surface area contributed by atoms with Crippen molar-refractivity contribution in [2.75, 3.05) is 17.2 Å². The summed E-state index contributed by atoms with van der Waals surface area (Å²) >= 11 is 0. The number of benzene rings is 3. The topological polar surface area (TPSA) is 76.3 Å². The number of carbonyl (C=O) groups is 1. The fourth-order valence-corrected chi connectivity index (χ4v) is 3.21. The van der Waals surface area contributed by atoms with Crippen LogP contribution in [0.5, 0.6) is 0 Å². The van der Waals surface area contributed by atoms with E-state index in [1.54, 1.807) is 22.8 Å². The Morgan fingerprint density at radius 3 is 2.59 bits per heavy atom. The first-order valence-electron chi connectivity index (χ1n) is 9.41. The number of hydrogen-bond acceptors (Lipinski definition) is 4. The van der Waals surface area contributed by atoms with E-state index in [0.29, 0.717) is 29.9 Å². The van der Waals surface area contributed by atoms with Gasteiger partial charge < -0.3 is 15.1 Å². The molecule has 1 heterocycles. The van der Waals surface area contributed by atoms with E-state index in [2.05, 4.69) is 10.6 Å². The van der Waals surface area contributed by atoms with E-state index in [1.807, 2.05) is 61.5 Å². The molecule has 0 radical (unpaired) electrons. The number of hydrogen-bond donors (Lipinski definition) is 2. The molecular weight excluding hydrogens is 366 g/mol. The molecule has 146 valence electrons. The predicted molar refractivity (Wildman–Crippen MR) is 115 cm³/mol. The van der Waals surface area contributed by atoms with Crippen LogP contribution in [0.1, 0.15) is 15.9 Å². The van der Waals surface area contributed by atoms with Gasteiger partial charge in [0, 0.05) is 30.0 Å². The van der Waals surface area contributed by atoms with Crippen LogP contribution in [0, 0.1) is 6.92 Å². The van der Waals surface area contributed by atoms with E-state index in [4.69, 9.17) is 4.42 Å². The maximum Gasteiger partial charge on any atom is 0.420 e. The first kappa shape index (κ1) is 18.6. The van der Waals surface area contributed by atoms with Crippen LogP contribution in [0.2, 0.25) is 0 Å². The fraction of sp³-hybridized carbons (Fsp3) is 0.130. The summed E-state index contributed by atoms with van der Waals surface area (Å²) in [4.78, 5) is 24.4. The highest BCUT2D eigenvalue weighted by Crippen LogP contribution is 2.21. The van der Waals surface area contributed by atoms with E-state index in [-0.39, 0.29) is 11.7 Å². The minimum Gasteiger partial charge on any atom is -0.408 e. The van der Waals surface area contributed by atoms with E-state index in [9.17, 15) is 9.59 Å². The number of aromatic nitrogens is 1. The number of aryl methyl sites for hydroxylation is 1. The minimum absolute atomic E-state index is 0.156. The highest BCUT2D eigenvalue weighted by atomic mass is 16.4. The van der Waals surface area contributed by atoms with Gasteiger partial charge in [0.05, 0.1) is 5.52 Å². The first-order valence-corrected chi connectivity index (χ1v) is 9.41. The average Bonchev–Trinajstić information content (AvgIpc) is 3.06. The van der Waals surface area contributed by atoms with Crippen molar-refractivity contribution in [1.29, 1.82) is 0 Å². The van der Waals surface area contributed by atoms with E-state index in [0.717, 1.165) is 16.8 Å². The normalized spacial score (nSPS) is 10.8. The number of oxazole rings is 1. The SMILES string of the molecule is Cc1ccc(NC(=O)c2ccccc2)cc1NCCn1c(=O)oc2ccccc21. The van der Waals surface area contributed by atoms with Crippen molar-refractivity contribution in [3.63, 3.8) is 0 Å². The van der Waals surface area contributed by atoms with Crippen LogP contribution < -0.4 is 16.4 Å². The summed E-state index contributed by atoms with van der Waals surface area (Å²) in [6.07, 6.45) is 0. The monoisotopic (exact) mass is 387 g/mol. The van der Waals surface area contributed by atoms with Crippen molar-refractivity contribution in [3.8, 4) is 0 Å². The van der Waals surface area contributed by atoms with Crippen molar-refractivity contribution in [2.24, 2.45) is 0 Å². The molecule has 6 heteroatoms. The molecule has 0 spiro atoms. The number of para-hydroxylation sites is 2. The van der Waals surface area contributed by atoms with Crippen molar-refractivity contribution in [3.05, 3.63) is 94.5 Å². The largest absolute Gasteiger partial charge is 0.420 e. The van der Waals surface area contributed by atoms with Crippen LogP contribution in [-0.2, 0) is 6.54 Å². The lowest BCUT2D eigenvalue weighted by molar-refractivity contribution is 0.102. The zero-order chi connectivity index (χ0) is 20.2. The van der Waals surface area contributed by atoms with Crippen molar-refractivity contribution in [2.45, 2.75) is 13.5 Å². The van der Waals surface area contributed by atoms with Crippen LogP contribution in [0.3, 0.4) is 0 Å². The number of anilines is 2. The Kier molecular flexibility index (Phi) is 5.16. The second kappa shape index (κ2) is 8.06. The summed E-state index contributed by atoms with van der Waals surface area (Å²) in [6, 6.07) is 22.2. The molecule has 4 rings (SSSR count). The maximum atomic E-state index is 12.4. The third-order valence-electron chi connectivity index (χ3n) is 4.76. The second-order valence-electron chi connectivity index (χ2n) is 6.76. The maximum absolute atomic E-state index is 12.4. The highest BCUT2D eigenvalue weighted by molar-refractivity contribution is 6.04. The van der Waals surface area contributed by atoms with Gasteiger partial charge in [-0.2, -0.15) is 0 Å². The molecule has 0 aliphatic rings. The molecule has 0 atom stereocenters. The van der Waals surface area contributed by atoms with Gasteiger partial charge in [0.25, 0.3) is 5.91 Å². The van der Waals surface area contributed by atoms with Gasteiger partial charge in [-0.05, 0) is 48.9 Å². The van der Waals surface area contributed by atoms with Gasteiger partial charge in [0.15, 0.2) is 5.58 Å². The standard InChI is InChI=1S/C23H21N3O3/c1-16-11-12-18(25-22(27)17-7-3-2-4-8-17)15-19(16)24-13-14-26-20-9-5-6-10-21(20)29-23(26)28/h2-12,15,24H,13-14H2,1H3,(H,25,27). The third-order valence-corrected chi connectivity index (χ3v) is 4.76. The Morgan fingerprint density at radius 2 is 1.76 bits per heavy atom. The number of nitrogens with one attached hydrogen (secondary N) is 2. The summed E-state index contributed by atoms with van der Waals surface area (Å²) in [5.41, 5.74) is 4.62. The van der Waals surface area contributed by atoms with Gasteiger partial charge >= 0.3 is 5.76 Å². The predicted octanol–water partition coefficient (Wildman–Crippen LogP) is 4.27. The van der Waals surface area contributed by atoms with E-state index in [1.165, 1.54) is 0 Å². The zero-order valence-electron chi connectivity index (χ0n) is 16.0. The molecule has 0 fully saturated rings. The van der Waals surface area contributed by atoms with E-state index >= 15 is 0 Å². The second-order valence-corrected chi connectivity index (χ2v) is 6.76. The average molecular weight is 387 g/mol. The van der Waals surface area contributed by atoms with Gasteiger partial charge in [-0.1, -0.05) is 36.4 Å². The highest BCUT2D eigenvalue weighted by Gasteiger charge is 2.09. The van der Waals surface area contributed by atoms with Gasteiger partial charge in [-0.25, -0.2) is 4.79 Å². The van der Waals surface area contributed by atoms with Gasteiger partial charge in [0.2, 0.25) is 0 Å². The molecule has 1 amide bonds. The van der Waals surface area contributed by atoms with E-state index < -0.39 is 0 Å². The molecule has 0 saturated carbocycles. The van der Waals surface area contributed by atoms with Crippen molar-refractivity contribution >= 4 is 28.4 Å². The Balaban J connectivity index is 1.45. The van der Waals surface area contributed by atoms with Gasteiger partial charge in [0.1, 0.15) is 0 Å². The summed E-state index contributed by atoms with van der Waals surface area (Å²) in [7, 11) is 0.